The molecule has 1 aromatic heterocycles. The monoisotopic (exact) mass is 371 g/mol. The average molecular weight is 372 g/mol. The molecule has 6 nitrogen and oxygen atoms in total. The summed E-state index contributed by atoms with van der Waals surface area (Å²) in [6.45, 7) is 0.466. The van der Waals surface area contributed by atoms with Gasteiger partial charge in [-0.3, -0.25) is 0 Å². The summed E-state index contributed by atoms with van der Waals surface area (Å²) in [6, 6.07) is 3.48. The highest BCUT2D eigenvalue weighted by Crippen LogP contribution is 2.35. The number of carboxylic acid groups (broad SMARTS) is 1. The van der Waals surface area contributed by atoms with Gasteiger partial charge in [0.25, 0.3) is 0 Å². The first-order valence-corrected chi connectivity index (χ1v) is 7.60. The van der Waals surface area contributed by atoms with Crippen LogP contribution in [0, 0.1) is 0 Å². The molecule has 112 valence electrons. The molecule has 0 aliphatic heterocycles. The molecule has 0 aliphatic carbocycles. The summed E-state index contributed by atoms with van der Waals surface area (Å²) in [7, 11) is 1.48. The van der Waals surface area contributed by atoms with Crippen molar-refractivity contribution in [3.63, 3.8) is 0 Å². The van der Waals surface area contributed by atoms with E-state index >= 15 is 0 Å². The standard InChI is InChI=1S/C13H13BrN2O4S/c1-20-10-3-7(2-9(14)12(10)19)5-15-13-16-8(6-21-13)4-11(17)18/h2-3,6,19H,4-5H2,1H3,(H,15,16)(H,17,18)/p-1. The number of nitrogens with one attached hydrogen (secondary N) is 1. The maximum atomic E-state index is 10.5. The third kappa shape index (κ3) is 4.08. The van der Waals surface area contributed by atoms with Crippen LogP contribution in [-0.2, 0) is 17.8 Å². The van der Waals surface area contributed by atoms with Gasteiger partial charge in [0, 0.05) is 24.3 Å². The minimum Gasteiger partial charge on any atom is -0.550 e. The molecule has 0 amide bonds. The summed E-state index contributed by atoms with van der Waals surface area (Å²) in [5.41, 5.74) is 1.35. The Bertz CT molecular complexity index is 660. The molecule has 1 aromatic carbocycles. The second-order valence-corrected chi connectivity index (χ2v) is 5.89. The SMILES string of the molecule is COc1cc(CNc2nc(CC(=O)[O-])cs2)cc(Br)c1O. The van der Waals surface area contributed by atoms with Crippen molar-refractivity contribution in [1.29, 1.82) is 0 Å². The molecule has 2 rings (SSSR count). The number of carbonyl (C=O) groups excluding carboxylic acids is 1. The minimum absolute atomic E-state index is 0.0479. The number of aliphatic carboxylic acids is 1. The molecule has 1 heterocycles. The van der Waals surface area contributed by atoms with Crippen LogP contribution in [0.2, 0.25) is 0 Å². The van der Waals surface area contributed by atoms with Gasteiger partial charge >= 0.3 is 0 Å². The minimum atomic E-state index is -1.15. The van der Waals surface area contributed by atoms with Crippen LogP contribution >= 0.6 is 27.3 Å². The van der Waals surface area contributed by atoms with E-state index in [0.29, 0.717) is 27.6 Å². The molecule has 0 unspecified atom stereocenters. The molecule has 21 heavy (non-hydrogen) atoms. The highest BCUT2D eigenvalue weighted by molar-refractivity contribution is 9.10. The predicted molar refractivity (Wildman–Crippen MR) is 80.5 cm³/mol. The van der Waals surface area contributed by atoms with Gasteiger partial charge in [0.2, 0.25) is 0 Å². The van der Waals surface area contributed by atoms with Crippen LogP contribution in [0.25, 0.3) is 0 Å². The van der Waals surface area contributed by atoms with E-state index in [1.807, 2.05) is 0 Å². The van der Waals surface area contributed by atoms with Crippen LogP contribution in [-0.4, -0.2) is 23.2 Å². The zero-order valence-corrected chi connectivity index (χ0v) is 13.5. The number of carboxylic acids is 1. The summed E-state index contributed by atoms with van der Waals surface area (Å²) in [4.78, 5) is 14.6. The van der Waals surface area contributed by atoms with E-state index in [1.54, 1.807) is 17.5 Å². The Labute approximate surface area is 133 Å². The van der Waals surface area contributed by atoms with E-state index in [2.05, 4.69) is 26.2 Å². The summed E-state index contributed by atoms with van der Waals surface area (Å²) in [6.07, 6.45) is -0.198. The second kappa shape index (κ2) is 6.77. The van der Waals surface area contributed by atoms with Crippen LogP contribution < -0.4 is 15.2 Å². The maximum absolute atomic E-state index is 10.5. The summed E-state index contributed by atoms with van der Waals surface area (Å²) in [5.74, 6) is -0.733. The third-order valence-electron chi connectivity index (χ3n) is 2.63. The van der Waals surface area contributed by atoms with Gasteiger partial charge in [-0.15, -0.1) is 11.3 Å². The number of benzene rings is 1. The van der Waals surface area contributed by atoms with Crippen molar-refractivity contribution in [2.75, 3.05) is 12.4 Å². The van der Waals surface area contributed by atoms with Crippen LogP contribution in [0.15, 0.2) is 22.0 Å². The second-order valence-electron chi connectivity index (χ2n) is 4.17. The zero-order valence-electron chi connectivity index (χ0n) is 11.1. The van der Waals surface area contributed by atoms with E-state index < -0.39 is 5.97 Å². The van der Waals surface area contributed by atoms with Crippen molar-refractivity contribution >= 4 is 38.4 Å². The Balaban J connectivity index is 2.04. The van der Waals surface area contributed by atoms with Crippen LogP contribution in [0.5, 0.6) is 11.5 Å². The number of methoxy groups -OCH3 is 1. The molecule has 0 saturated carbocycles. The number of carbonyl (C=O) groups is 1. The molecule has 0 spiro atoms. The van der Waals surface area contributed by atoms with Crippen molar-refractivity contribution < 1.29 is 19.7 Å². The summed E-state index contributed by atoms with van der Waals surface area (Å²) >= 11 is 4.57. The van der Waals surface area contributed by atoms with E-state index in [1.165, 1.54) is 18.4 Å². The van der Waals surface area contributed by atoms with E-state index in [4.69, 9.17) is 4.74 Å². The smallest absolute Gasteiger partial charge is 0.183 e. The number of rotatable bonds is 6. The van der Waals surface area contributed by atoms with Crippen LogP contribution in [0.1, 0.15) is 11.3 Å². The number of aromatic nitrogens is 1. The Morgan fingerprint density at radius 1 is 1.57 bits per heavy atom. The number of hydrogen-bond acceptors (Lipinski definition) is 7. The quantitative estimate of drug-likeness (QED) is 0.799. The number of anilines is 1. The first-order valence-electron chi connectivity index (χ1n) is 5.93. The first-order chi connectivity index (χ1) is 9.99. The lowest BCUT2D eigenvalue weighted by molar-refractivity contribution is -0.304. The van der Waals surface area contributed by atoms with Gasteiger partial charge in [0.15, 0.2) is 16.6 Å². The fraction of sp³-hybridized carbons (Fsp3) is 0.231. The zero-order chi connectivity index (χ0) is 15.4. The molecule has 0 aliphatic rings. The lowest BCUT2D eigenvalue weighted by Gasteiger charge is -2.09. The number of halogens is 1. The van der Waals surface area contributed by atoms with E-state index in [-0.39, 0.29) is 12.2 Å². The van der Waals surface area contributed by atoms with E-state index in [9.17, 15) is 15.0 Å². The molecule has 0 bridgehead atoms. The number of nitrogens with zero attached hydrogens (tertiary/aromatic N) is 1. The highest BCUT2D eigenvalue weighted by atomic mass is 79.9. The number of aromatic hydroxyl groups is 1. The summed E-state index contributed by atoms with van der Waals surface area (Å²) in [5, 5.41) is 25.6. The predicted octanol–water partition coefficient (Wildman–Crippen LogP) is 1.52. The van der Waals surface area contributed by atoms with Gasteiger partial charge in [-0.25, -0.2) is 4.98 Å². The Hall–Kier alpha value is -1.80. The van der Waals surface area contributed by atoms with Gasteiger partial charge in [0.05, 0.1) is 17.3 Å². The van der Waals surface area contributed by atoms with Gasteiger partial charge in [0.1, 0.15) is 0 Å². The van der Waals surface area contributed by atoms with Crippen molar-refractivity contribution in [2.45, 2.75) is 13.0 Å². The molecule has 8 heteroatoms. The number of ether oxygens (including phenoxy) is 1. The molecular formula is C13H12BrN2O4S-. The number of hydrogen-bond donors (Lipinski definition) is 2. The Morgan fingerprint density at radius 3 is 3.00 bits per heavy atom. The average Bonchev–Trinajstić information content (AvgIpc) is 2.86. The van der Waals surface area contributed by atoms with Crippen molar-refractivity contribution in [2.24, 2.45) is 0 Å². The molecule has 2 aromatic rings. The first kappa shape index (κ1) is 15.6. The molecule has 0 radical (unpaired) electrons. The lowest BCUT2D eigenvalue weighted by atomic mass is 10.2. The van der Waals surface area contributed by atoms with Crippen LogP contribution in [0.4, 0.5) is 5.13 Å². The number of phenols is 1. The fourth-order valence-corrected chi connectivity index (χ4v) is 2.88. The van der Waals surface area contributed by atoms with Crippen molar-refractivity contribution in [3.8, 4) is 11.5 Å². The van der Waals surface area contributed by atoms with Gasteiger partial charge in [-0.05, 0) is 33.6 Å². The molecule has 0 saturated heterocycles. The Kier molecular flexibility index (Phi) is 5.03. The largest absolute Gasteiger partial charge is 0.550 e. The van der Waals surface area contributed by atoms with Gasteiger partial charge in [-0.1, -0.05) is 0 Å². The maximum Gasteiger partial charge on any atom is 0.183 e. The normalized spacial score (nSPS) is 10.4. The van der Waals surface area contributed by atoms with Crippen molar-refractivity contribution in [1.82, 2.24) is 4.98 Å². The van der Waals surface area contributed by atoms with Gasteiger partial charge in [-0.2, -0.15) is 0 Å². The molecule has 0 atom stereocenters. The van der Waals surface area contributed by atoms with E-state index in [0.717, 1.165) is 5.56 Å². The van der Waals surface area contributed by atoms with Crippen molar-refractivity contribution in [3.05, 3.63) is 33.2 Å². The molecule has 0 fully saturated rings. The summed E-state index contributed by atoms with van der Waals surface area (Å²) < 4.78 is 5.61. The highest BCUT2D eigenvalue weighted by Gasteiger charge is 2.09. The molecule has 2 N–H and O–H groups in total. The number of thiazole rings is 1. The topological polar surface area (TPSA) is 94.5 Å². The van der Waals surface area contributed by atoms with Gasteiger partial charge < -0.3 is 25.1 Å². The van der Waals surface area contributed by atoms with Crippen LogP contribution in [0.3, 0.4) is 0 Å². The molecular weight excluding hydrogens is 360 g/mol. The third-order valence-corrected chi connectivity index (χ3v) is 4.08. The Morgan fingerprint density at radius 2 is 2.33 bits per heavy atom. The lowest BCUT2D eigenvalue weighted by Crippen LogP contribution is -2.24. The fourth-order valence-electron chi connectivity index (χ4n) is 1.68. The number of phenolic OH excluding ortho intramolecular Hbond substituents is 1.